The van der Waals surface area contributed by atoms with Gasteiger partial charge in [0.05, 0.1) is 31.0 Å². The number of aromatic nitrogens is 2. The van der Waals surface area contributed by atoms with Crippen molar-refractivity contribution in [2.75, 3.05) is 13.7 Å². The number of benzene rings is 3. The first-order valence-electron chi connectivity index (χ1n) is 11.1. The molecule has 2 aliphatic rings. The first-order chi connectivity index (χ1) is 17.0. The van der Waals surface area contributed by atoms with E-state index in [0.29, 0.717) is 23.4 Å². The van der Waals surface area contributed by atoms with Gasteiger partial charge in [-0.3, -0.25) is 14.9 Å². The molecule has 0 radical (unpaired) electrons. The number of hydrogen-bond donors (Lipinski definition) is 3. The summed E-state index contributed by atoms with van der Waals surface area (Å²) in [5.41, 5.74) is 4.31. The van der Waals surface area contributed by atoms with E-state index in [4.69, 9.17) is 4.74 Å². The van der Waals surface area contributed by atoms with E-state index in [0.717, 1.165) is 27.7 Å². The summed E-state index contributed by atoms with van der Waals surface area (Å²) in [6.45, 7) is 0.338. The highest BCUT2D eigenvalue weighted by atomic mass is 16.5. The Bertz CT molecular complexity index is 1510. The number of carbonyl (C=O) groups is 3. The van der Waals surface area contributed by atoms with E-state index in [1.165, 1.54) is 0 Å². The maximum atomic E-state index is 13.2. The second-order valence-electron chi connectivity index (χ2n) is 8.71. The number of nitrogens with zero attached hydrogens (tertiary/aromatic N) is 2. The third-order valence-electron chi connectivity index (χ3n) is 6.70. The summed E-state index contributed by atoms with van der Waals surface area (Å²) in [4.78, 5) is 47.4. The molecule has 0 aliphatic carbocycles. The van der Waals surface area contributed by atoms with Gasteiger partial charge in [0, 0.05) is 12.1 Å². The summed E-state index contributed by atoms with van der Waals surface area (Å²) < 4.78 is 5.25. The lowest BCUT2D eigenvalue weighted by molar-refractivity contribution is -0.124. The number of ether oxygens (including phenoxy) is 1. The summed E-state index contributed by atoms with van der Waals surface area (Å²) in [5.74, 6) is -0.114. The molecule has 0 spiro atoms. The van der Waals surface area contributed by atoms with Gasteiger partial charge in [-0.2, -0.15) is 0 Å². The minimum Gasteiger partial charge on any atom is -0.497 e. The number of aromatic amines is 1. The minimum absolute atomic E-state index is 0.000146. The van der Waals surface area contributed by atoms with Crippen molar-refractivity contribution in [2.45, 2.75) is 12.1 Å². The van der Waals surface area contributed by atoms with Gasteiger partial charge in [0.1, 0.15) is 5.75 Å². The fourth-order valence-corrected chi connectivity index (χ4v) is 4.84. The average molecular weight is 467 g/mol. The number of amides is 4. The summed E-state index contributed by atoms with van der Waals surface area (Å²) in [6.07, 6.45) is 1.65. The normalized spacial score (nSPS) is 19.1. The van der Waals surface area contributed by atoms with Gasteiger partial charge >= 0.3 is 6.03 Å². The number of hydrogen-bond acceptors (Lipinski definition) is 5. The molecule has 174 valence electrons. The molecule has 6 rings (SSSR count). The molecule has 3 N–H and O–H groups in total. The van der Waals surface area contributed by atoms with E-state index in [1.807, 2.05) is 48.5 Å². The Kier molecular flexibility index (Phi) is 4.60. The van der Waals surface area contributed by atoms with Crippen molar-refractivity contribution in [3.05, 3.63) is 83.7 Å². The van der Waals surface area contributed by atoms with E-state index in [-0.39, 0.29) is 12.5 Å². The average Bonchev–Trinajstić information content (AvgIpc) is 3.55. The van der Waals surface area contributed by atoms with E-state index in [1.54, 1.807) is 30.5 Å². The third-order valence-corrected chi connectivity index (χ3v) is 6.70. The van der Waals surface area contributed by atoms with Crippen LogP contribution in [-0.2, 0) is 16.9 Å². The molecular formula is C26H21N5O4. The number of urea groups is 1. The topological polar surface area (TPSA) is 116 Å². The van der Waals surface area contributed by atoms with Crippen LogP contribution in [0.3, 0.4) is 0 Å². The van der Waals surface area contributed by atoms with Gasteiger partial charge in [-0.25, -0.2) is 9.78 Å². The van der Waals surface area contributed by atoms with E-state index in [9.17, 15) is 14.4 Å². The Morgan fingerprint density at radius 1 is 1.00 bits per heavy atom. The van der Waals surface area contributed by atoms with Crippen molar-refractivity contribution in [3.8, 4) is 16.9 Å². The summed E-state index contributed by atoms with van der Waals surface area (Å²) in [5, 5.41) is 5.12. The highest BCUT2D eigenvalue weighted by Crippen LogP contribution is 2.33. The molecular weight excluding hydrogens is 446 g/mol. The lowest BCUT2D eigenvalue weighted by atomic mass is 9.88. The van der Waals surface area contributed by atoms with Crippen LogP contribution in [0.2, 0.25) is 0 Å². The highest BCUT2D eigenvalue weighted by Gasteiger charge is 2.50. The van der Waals surface area contributed by atoms with Crippen molar-refractivity contribution in [1.82, 2.24) is 25.5 Å². The summed E-state index contributed by atoms with van der Waals surface area (Å²) >= 11 is 0. The first-order valence-corrected chi connectivity index (χ1v) is 11.1. The Labute approximate surface area is 200 Å². The van der Waals surface area contributed by atoms with Crippen molar-refractivity contribution in [3.63, 3.8) is 0 Å². The number of imide groups is 1. The van der Waals surface area contributed by atoms with Gasteiger partial charge in [0.15, 0.2) is 5.54 Å². The smallest absolute Gasteiger partial charge is 0.322 e. The summed E-state index contributed by atoms with van der Waals surface area (Å²) in [6, 6.07) is 18.1. The van der Waals surface area contributed by atoms with Gasteiger partial charge in [0.2, 0.25) is 0 Å². The zero-order valence-electron chi connectivity index (χ0n) is 18.8. The largest absolute Gasteiger partial charge is 0.497 e. The number of nitrogens with one attached hydrogen (secondary N) is 3. The molecule has 1 unspecified atom stereocenters. The molecule has 9 heteroatoms. The number of fused-ring (bicyclic) bond motifs is 2. The molecule has 1 aromatic heterocycles. The number of rotatable bonds is 5. The lowest BCUT2D eigenvalue weighted by Crippen LogP contribution is -2.52. The lowest BCUT2D eigenvalue weighted by Gasteiger charge is -2.31. The molecule has 35 heavy (non-hydrogen) atoms. The number of carbonyl (C=O) groups excluding carboxylic acids is 3. The van der Waals surface area contributed by atoms with Crippen LogP contribution >= 0.6 is 0 Å². The Balaban J connectivity index is 1.33. The fourth-order valence-electron chi connectivity index (χ4n) is 4.84. The molecule has 3 heterocycles. The number of imidazole rings is 1. The van der Waals surface area contributed by atoms with Crippen molar-refractivity contribution < 1.29 is 19.1 Å². The molecule has 4 amide bonds. The highest BCUT2D eigenvalue weighted by molar-refractivity contribution is 6.08. The molecule has 1 atom stereocenters. The second kappa shape index (κ2) is 7.69. The Hall–Kier alpha value is -4.66. The van der Waals surface area contributed by atoms with Gasteiger partial charge < -0.3 is 19.9 Å². The molecule has 0 saturated carbocycles. The van der Waals surface area contributed by atoms with E-state index < -0.39 is 17.5 Å². The van der Waals surface area contributed by atoms with Crippen LogP contribution < -0.4 is 15.4 Å². The van der Waals surface area contributed by atoms with Crippen molar-refractivity contribution in [2.24, 2.45) is 0 Å². The van der Waals surface area contributed by atoms with E-state index >= 15 is 0 Å². The zero-order valence-corrected chi connectivity index (χ0v) is 18.8. The predicted molar refractivity (Wildman–Crippen MR) is 128 cm³/mol. The van der Waals surface area contributed by atoms with Gasteiger partial charge in [-0.05, 0) is 46.5 Å². The van der Waals surface area contributed by atoms with Crippen LogP contribution in [0.5, 0.6) is 5.75 Å². The standard InChI is InChI=1S/C26H21N5O4/c1-35-19-8-4-17-12-31(23(32)20(17)11-19)13-26(24(33)29-25(34)30-26)18-6-2-15(3-7-18)16-5-9-21-22(10-16)28-14-27-21/h2-11,14H,12-13H2,1H3,(H,27,28)(H2,29,30,33,34). The fraction of sp³-hybridized carbons (Fsp3) is 0.154. The van der Waals surface area contributed by atoms with E-state index in [2.05, 4.69) is 20.6 Å². The van der Waals surface area contributed by atoms with Crippen LogP contribution in [0, 0.1) is 0 Å². The van der Waals surface area contributed by atoms with Crippen molar-refractivity contribution >= 4 is 28.9 Å². The van der Waals surface area contributed by atoms with Gasteiger partial charge in [-0.1, -0.05) is 36.4 Å². The molecule has 1 fully saturated rings. The monoisotopic (exact) mass is 467 g/mol. The number of methoxy groups -OCH3 is 1. The maximum Gasteiger partial charge on any atom is 0.322 e. The Morgan fingerprint density at radius 3 is 2.54 bits per heavy atom. The third kappa shape index (κ3) is 3.31. The second-order valence-corrected chi connectivity index (χ2v) is 8.71. The Morgan fingerprint density at radius 2 is 1.80 bits per heavy atom. The quantitative estimate of drug-likeness (QED) is 0.390. The van der Waals surface area contributed by atoms with Crippen molar-refractivity contribution in [1.29, 1.82) is 0 Å². The maximum absolute atomic E-state index is 13.2. The van der Waals surface area contributed by atoms with Gasteiger partial charge in [-0.15, -0.1) is 0 Å². The molecule has 4 aromatic rings. The predicted octanol–water partition coefficient (Wildman–Crippen LogP) is 2.93. The molecule has 2 aliphatic heterocycles. The van der Waals surface area contributed by atoms with Crippen LogP contribution in [0.25, 0.3) is 22.2 Å². The molecule has 0 bridgehead atoms. The van der Waals surface area contributed by atoms with Crippen LogP contribution in [0.1, 0.15) is 21.5 Å². The SMILES string of the molecule is COc1ccc2c(c1)C(=O)N(CC1(c3ccc(-c4ccc5nc[nH]c5c4)cc3)NC(=O)NC1=O)C2. The molecule has 9 nitrogen and oxygen atoms in total. The van der Waals surface area contributed by atoms with Crippen LogP contribution in [0.15, 0.2) is 67.0 Å². The van der Waals surface area contributed by atoms with Crippen LogP contribution in [-0.4, -0.2) is 46.4 Å². The molecule has 3 aromatic carbocycles. The van der Waals surface area contributed by atoms with Crippen LogP contribution in [0.4, 0.5) is 4.79 Å². The zero-order chi connectivity index (χ0) is 24.2. The molecule has 1 saturated heterocycles. The number of H-pyrrole nitrogens is 1. The van der Waals surface area contributed by atoms with Gasteiger partial charge in [0.25, 0.3) is 11.8 Å². The summed E-state index contributed by atoms with van der Waals surface area (Å²) in [7, 11) is 1.54. The first kappa shape index (κ1) is 20.9. The minimum atomic E-state index is -1.40.